The lowest BCUT2D eigenvalue weighted by Crippen LogP contribution is -2.33. The van der Waals surface area contributed by atoms with Crippen molar-refractivity contribution in [2.75, 3.05) is 26.9 Å². The number of likely N-dealkylation sites (N-methyl/N-ethyl adjacent to an activating group) is 1. The molecule has 0 aliphatic carbocycles. The molecule has 0 saturated heterocycles. The van der Waals surface area contributed by atoms with Crippen LogP contribution in [-0.4, -0.2) is 32.9 Å². The maximum Gasteiger partial charge on any atom is 0.269 e. The van der Waals surface area contributed by atoms with E-state index in [1.165, 1.54) is 7.11 Å². The molecule has 2 atom stereocenters. The summed E-state index contributed by atoms with van der Waals surface area (Å²) in [5, 5.41) is 5.96. The first-order valence-corrected chi connectivity index (χ1v) is 5.96. The van der Waals surface area contributed by atoms with Gasteiger partial charge in [-0.15, -0.1) is 0 Å². The smallest absolute Gasteiger partial charge is 0.269 e. The Morgan fingerprint density at radius 2 is 2.17 bits per heavy atom. The highest BCUT2D eigenvalue weighted by Gasteiger charge is 2.17. The molecule has 0 rings (SSSR count). The predicted octanol–water partition coefficient (Wildman–Crippen LogP) is 1.04. The van der Waals surface area contributed by atoms with Crippen LogP contribution in [0.2, 0.25) is 0 Å². The van der Waals surface area contributed by atoms with Crippen molar-refractivity contribution >= 4 is 7.52 Å². The summed E-state index contributed by atoms with van der Waals surface area (Å²) in [4.78, 5) is 0. The molecule has 0 aromatic rings. The highest BCUT2D eigenvalue weighted by atomic mass is 31.2. The first-order chi connectivity index (χ1) is 5.58. The summed E-state index contributed by atoms with van der Waals surface area (Å²) in [5.41, 5.74) is 0. The van der Waals surface area contributed by atoms with E-state index in [1.807, 2.05) is 20.9 Å². The third kappa shape index (κ3) is 4.21. The van der Waals surface area contributed by atoms with Crippen molar-refractivity contribution in [1.29, 1.82) is 0 Å². The van der Waals surface area contributed by atoms with E-state index in [2.05, 4.69) is 10.4 Å². The first-order valence-electron chi connectivity index (χ1n) is 4.15. The molecule has 0 spiro atoms. The van der Waals surface area contributed by atoms with Gasteiger partial charge in [0.05, 0.1) is 0 Å². The molecule has 2 N–H and O–H groups in total. The topological polar surface area (TPSA) is 50.4 Å². The van der Waals surface area contributed by atoms with E-state index in [1.54, 1.807) is 0 Å². The van der Waals surface area contributed by atoms with Gasteiger partial charge >= 0.3 is 0 Å². The van der Waals surface area contributed by atoms with Gasteiger partial charge in [-0.1, -0.05) is 6.92 Å². The van der Waals surface area contributed by atoms with Gasteiger partial charge in [-0.3, -0.25) is 4.57 Å². The summed E-state index contributed by atoms with van der Waals surface area (Å²) < 4.78 is 16.5. The van der Waals surface area contributed by atoms with E-state index >= 15 is 0 Å². The fourth-order valence-corrected chi connectivity index (χ4v) is 1.85. The van der Waals surface area contributed by atoms with Gasteiger partial charge in [0, 0.05) is 25.9 Å². The van der Waals surface area contributed by atoms with E-state index in [0.29, 0.717) is 18.7 Å². The van der Waals surface area contributed by atoms with Crippen molar-refractivity contribution in [3.63, 3.8) is 0 Å². The molecular formula is C7H19N2O2P. The Bertz CT molecular complexity index is 155. The summed E-state index contributed by atoms with van der Waals surface area (Å²) in [6.07, 6.45) is 0.528. The maximum absolute atomic E-state index is 11.6. The third-order valence-electron chi connectivity index (χ3n) is 1.84. The molecule has 0 aromatic heterocycles. The lowest BCUT2D eigenvalue weighted by molar-refractivity contribution is 0.380. The van der Waals surface area contributed by atoms with Gasteiger partial charge in [-0.25, -0.2) is 5.09 Å². The average molecular weight is 194 g/mol. The molecule has 0 amide bonds. The number of hydrogen-bond donors (Lipinski definition) is 2. The van der Waals surface area contributed by atoms with Crippen LogP contribution in [0.3, 0.4) is 0 Å². The zero-order valence-corrected chi connectivity index (χ0v) is 9.15. The SMILES string of the molecule is CCP(=O)(NCC(C)NC)OC. The molecular weight excluding hydrogens is 175 g/mol. The fourth-order valence-electron chi connectivity index (χ4n) is 0.684. The minimum Gasteiger partial charge on any atom is -0.321 e. The minimum atomic E-state index is -2.54. The Labute approximate surface area is 74.6 Å². The van der Waals surface area contributed by atoms with Crippen molar-refractivity contribution in [1.82, 2.24) is 10.4 Å². The predicted molar refractivity (Wildman–Crippen MR) is 51.7 cm³/mol. The van der Waals surface area contributed by atoms with Crippen LogP contribution in [0.15, 0.2) is 0 Å². The van der Waals surface area contributed by atoms with Gasteiger partial charge in [0.15, 0.2) is 0 Å². The van der Waals surface area contributed by atoms with Gasteiger partial charge in [0.2, 0.25) is 0 Å². The third-order valence-corrected chi connectivity index (χ3v) is 3.93. The Balaban J connectivity index is 3.81. The summed E-state index contributed by atoms with van der Waals surface area (Å²) in [7, 11) is 0.806. The Kier molecular flexibility index (Phi) is 5.76. The van der Waals surface area contributed by atoms with Crippen molar-refractivity contribution in [3.05, 3.63) is 0 Å². The van der Waals surface area contributed by atoms with Gasteiger partial charge in [-0.2, -0.15) is 0 Å². The Hall–Kier alpha value is 0.110. The molecule has 0 aliphatic heterocycles. The van der Waals surface area contributed by atoms with Crippen LogP contribution in [0.4, 0.5) is 0 Å². The normalized spacial score (nSPS) is 18.7. The van der Waals surface area contributed by atoms with Crippen LogP contribution < -0.4 is 10.4 Å². The Morgan fingerprint density at radius 3 is 2.50 bits per heavy atom. The Morgan fingerprint density at radius 1 is 1.58 bits per heavy atom. The molecule has 0 bridgehead atoms. The molecule has 2 unspecified atom stereocenters. The molecule has 0 saturated carbocycles. The lowest BCUT2D eigenvalue weighted by Gasteiger charge is -2.18. The van der Waals surface area contributed by atoms with E-state index in [9.17, 15) is 4.57 Å². The molecule has 0 aliphatic rings. The highest BCUT2D eigenvalue weighted by molar-refractivity contribution is 7.56. The largest absolute Gasteiger partial charge is 0.321 e. The van der Waals surface area contributed by atoms with Crippen LogP contribution in [0.25, 0.3) is 0 Å². The maximum atomic E-state index is 11.6. The molecule has 0 radical (unpaired) electrons. The van der Waals surface area contributed by atoms with Crippen LogP contribution in [0, 0.1) is 0 Å². The summed E-state index contributed by atoms with van der Waals surface area (Å²) in [6.45, 7) is 4.53. The highest BCUT2D eigenvalue weighted by Crippen LogP contribution is 2.39. The number of nitrogens with one attached hydrogen (secondary N) is 2. The van der Waals surface area contributed by atoms with Crippen molar-refractivity contribution < 1.29 is 9.09 Å². The summed E-state index contributed by atoms with van der Waals surface area (Å²) in [5.74, 6) is 0. The zero-order chi connectivity index (χ0) is 9.61. The van der Waals surface area contributed by atoms with E-state index < -0.39 is 7.52 Å². The van der Waals surface area contributed by atoms with Crippen LogP contribution in [0.5, 0.6) is 0 Å². The van der Waals surface area contributed by atoms with Crippen molar-refractivity contribution in [2.24, 2.45) is 0 Å². The zero-order valence-electron chi connectivity index (χ0n) is 8.26. The molecule has 5 heteroatoms. The molecule has 0 fully saturated rings. The average Bonchev–Trinajstić information content (AvgIpc) is 2.13. The molecule has 0 aromatic carbocycles. The van der Waals surface area contributed by atoms with E-state index in [0.717, 1.165) is 0 Å². The van der Waals surface area contributed by atoms with Crippen LogP contribution in [0.1, 0.15) is 13.8 Å². The summed E-state index contributed by atoms with van der Waals surface area (Å²) >= 11 is 0. The second kappa shape index (κ2) is 5.70. The molecule has 12 heavy (non-hydrogen) atoms. The fraction of sp³-hybridized carbons (Fsp3) is 1.00. The van der Waals surface area contributed by atoms with Crippen molar-refractivity contribution in [3.8, 4) is 0 Å². The standard InChI is InChI=1S/C7H19N2O2P/c1-5-12(10,11-4)9-6-7(2)8-3/h7-8H,5-6H2,1-4H3,(H,9,10). The number of hydrogen-bond acceptors (Lipinski definition) is 3. The molecule has 74 valence electrons. The minimum absolute atomic E-state index is 0.306. The van der Waals surface area contributed by atoms with Crippen LogP contribution in [-0.2, 0) is 9.09 Å². The van der Waals surface area contributed by atoms with Crippen LogP contribution >= 0.6 is 7.52 Å². The first kappa shape index (κ1) is 12.1. The molecule has 4 nitrogen and oxygen atoms in total. The second-order valence-electron chi connectivity index (χ2n) is 2.72. The second-order valence-corrected chi connectivity index (χ2v) is 5.38. The van der Waals surface area contributed by atoms with E-state index in [4.69, 9.17) is 4.52 Å². The lowest BCUT2D eigenvalue weighted by atomic mass is 10.4. The van der Waals surface area contributed by atoms with Gasteiger partial charge in [0.25, 0.3) is 7.52 Å². The molecule has 0 heterocycles. The quantitative estimate of drug-likeness (QED) is 0.620. The monoisotopic (exact) mass is 194 g/mol. The van der Waals surface area contributed by atoms with Gasteiger partial charge in [0.1, 0.15) is 0 Å². The number of rotatable bonds is 6. The van der Waals surface area contributed by atoms with E-state index in [-0.39, 0.29) is 0 Å². The van der Waals surface area contributed by atoms with Gasteiger partial charge in [-0.05, 0) is 14.0 Å². The van der Waals surface area contributed by atoms with Gasteiger partial charge < -0.3 is 9.84 Å². The summed E-state index contributed by atoms with van der Waals surface area (Å²) in [6, 6.07) is 0.306. The van der Waals surface area contributed by atoms with Crippen molar-refractivity contribution in [2.45, 2.75) is 19.9 Å².